The number of benzene rings is 2. The van der Waals surface area contributed by atoms with E-state index in [4.69, 9.17) is 0 Å². The number of aromatic nitrogens is 5. The minimum atomic E-state index is -4.44. The summed E-state index contributed by atoms with van der Waals surface area (Å²) in [7, 11) is 0. The Kier molecular flexibility index (Phi) is 6.35. The van der Waals surface area contributed by atoms with Crippen molar-refractivity contribution in [2.24, 2.45) is 4.99 Å². The predicted molar refractivity (Wildman–Crippen MR) is 131 cm³/mol. The van der Waals surface area contributed by atoms with E-state index in [2.05, 4.69) is 25.5 Å². The van der Waals surface area contributed by atoms with Gasteiger partial charge in [0, 0.05) is 5.39 Å². The van der Waals surface area contributed by atoms with E-state index in [9.17, 15) is 18.0 Å². The van der Waals surface area contributed by atoms with Gasteiger partial charge in [0.05, 0.1) is 41.8 Å². The Morgan fingerprint density at radius 1 is 1.17 bits per heavy atom. The van der Waals surface area contributed by atoms with E-state index in [1.807, 2.05) is 6.07 Å². The molecule has 3 heterocycles. The number of aryl methyl sites for hydroxylation is 1. The van der Waals surface area contributed by atoms with Crippen LogP contribution in [0.15, 0.2) is 65.1 Å². The molecule has 1 fully saturated rings. The second-order valence-electron chi connectivity index (χ2n) is 8.19. The summed E-state index contributed by atoms with van der Waals surface area (Å²) in [6, 6.07) is 9.76. The van der Waals surface area contributed by atoms with E-state index in [0.717, 1.165) is 17.0 Å². The number of nitrogens with zero attached hydrogens (tertiary/aromatic N) is 6. The molecule has 5 rings (SSSR count). The minimum Gasteiger partial charge on any atom is -0.301 e. The number of halogens is 3. The van der Waals surface area contributed by atoms with Gasteiger partial charge in [-0.3, -0.25) is 19.2 Å². The van der Waals surface area contributed by atoms with Gasteiger partial charge >= 0.3 is 6.18 Å². The van der Waals surface area contributed by atoms with Crippen LogP contribution in [0.4, 0.5) is 13.2 Å². The Labute approximate surface area is 207 Å². The average Bonchev–Trinajstić information content (AvgIpc) is 3.56. The molecular weight excluding hydrogens is 491 g/mol. The Morgan fingerprint density at radius 2 is 2.03 bits per heavy atom. The number of hydrogen-bond acceptors (Lipinski definition) is 6. The third-order valence-corrected chi connectivity index (χ3v) is 6.50. The SMILES string of the molecule is Cc1ccc(Cn2ncc3cc(/C=C4\SC(=NCCn5cncn5)NC4=O)ccc32)c(C(F)(F)F)c1. The molecule has 4 aromatic rings. The zero-order valence-corrected chi connectivity index (χ0v) is 19.8. The van der Waals surface area contributed by atoms with Crippen molar-refractivity contribution < 1.29 is 18.0 Å². The lowest BCUT2D eigenvalue weighted by atomic mass is 10.0. The van der Waals surface area contributed by atoms with Crippen molar-refractivity contribution in [2.75, 3.05) is 6.54 Å². The number of fused-ring (bicyclic) bond motifs is 1. The normalized spacial score (nSPS) is 16.4. The smallest absolute Gasteiger partial charge is 0.301 e. The van der Waals surface area contributed by atoms with E-state index in [0.29, 0.717) is 34.2 Å². The fourth-order valence-corrected chi connectivity index (χ4v) is 4.68. The molecule has 1 N–H and O–H groups in total. The summed E-state index contributed by atoms with van der Waals surface area (Å²) in [6.45, 7) is 2.62. The van der Waals surface area contributed by atoms with E-state index >= 15 is 0 Å². The Bertz CT molecular complexity index is 1490. The molecule has 184 valence electrons. The number of hydrogen-bond donors (Lipinski definition) is 1. The van der Waals surface area contributed by atoms with Gasteiger partial charge in [-0.2, -0.15) is 23.4 Å². The van der Waals surface area contributed by atoms with Crippen LogP contribution in [0, 0.1) is 6.92 Å². The van der Waals surface area contributed by atoms with E-state index in [-0.39, 0.29) is 18.0 Å². The van der Waals surface area contributed by atoms with Gasteiger partial charge in [-0.1, -0.05) is 23.8 Å². The van der Waals surface area contributed by atoms with Gasteiger partial charge in [-0.15, -0.1) is 0 Å². The molecule has 0 radical (unpaired) electrons. The highest BCUT2D eigenvalue weighted by Crippen LogP contribution is 2.33. The van der Waals surface area contributed by atoms with Crippen LogP contribution in [0.2, 0.25) is 0 Å². The Hall–Kier alpha value is -3.93. The molecule has 8 nitrogen and oxygen atoms in total. The van der Waals surface area contributed by atoms with Crippen molar-refractivity contribution >= 4 is 39.8 Å². The number of aliphatic imine (C=N–C) groups is 1. The predicted octanol–water partition coefficient (Wildman–Crippen LogP) is 4.26. The average molecular weight is 512 g/mol. The lowest BCUT2D eigenvalue weighted by molar-refractivity contribution is -0.138. The largest absolute Gasteiger partial charge is 0.416 e. The van der Waals surface area contributed by atoms with Gasteiger partial charge in [-0.25, -0.2) is 4.98 Å². The summed E-state index contributed by atoms with van der Waals surface area (Å²) < 4.78 is 43.8. The molecule has 2 aromatic carbocycles. The molecule has 0 unspecified atom stereocenters. The maximum Gasteiger partial charge on any atom is 0.416 e. The van der Waals surface area contributed by atoms with Crippen LogP contribution in [-0.4, -0.2) is 42.2 Å². The minimum absolute atomic E-state index is 0.00820. The van der Waals surface area contributed by atoms with Crippen LogP contribution < -0.4 is 5.32 Å². The highest BCUT2D eigenvalue weighted by Gasteiger charge is 2.33. The highest BCUT2D eigenvalue weighted by molar-refractivity contribution is 8.18. The van der Waals surface area contributed by atoms with Crippen LogP contribution in [0.25, 0.3) is 17.0 Å². The molecule has 1 aliphatic rings. The molecule has 1 amide bonds. The zero-order chi connectivity index (χ0) is 25.3. The number of thioether (sulfide) groups is 1. The van der Waals surface area contributed by atoms with E-state index in [1.54, 1.807) is 53.1 Å². The number of amides is 1. The van der Waals surface area contributed by atoms with Gasteiger partial charge in [-0.05, 0) is 54.1 Å². The number of amidine groups is 1. The standard InChI is InChI=1S/C24H20F3N7OS/c1-15-2-4-17(19(8-15)24(25,26)27)12-34-20-5-3-16(9-18(20)11-30-34)10-21-22(35)32-23(36-21)29-6-7-33-14-28-13-31-33/h2-5,8-11,13-14H,6-7,12H2,1H3,(H,29,32,35)/b21-10-. The van der Waals surface area contributed by atoms with Gasteiger partial charge in [0.2, 0.25) is 0 Å². The third-order valence-electron chi connectivity index (χ3n) is 5.56. The van der Waals surface area contributed by atoms with Gasteiger partial charge < -0.3 is 5.32 Å². The first kappa shape index (κ1) is 23.8. The van der Waals surface area contributed by atoms with Crippen molar-refractivity contribution in [2.45, 2.75) is 26.2 Å². The summed E-state index contributed by atoms with van der Waals surface area (Å²) in [6.07, 6.45) is 1.96. The first-order valence-electron chi connectivity index (χ1n) is 11.0. The van der Waals surface area contributed by atoms with Gasteiger partial charge in [0.15, 0.2) is 5.17 Å². The molecule has 0 aliphatic carbocycles. The molecule has 0 atom stereocenters. The maximum atomic E-state index is 13.5. The van der Waals surface area contributed by atoms with Gasteiger partial charge in [0.25, 0.3) is 5.91 Å². The molecular formula is C24H20F3N7OS. The second-order valence-corrected chi connectivity index (χ2v) is 9.22. The van der Waals surface area contributed by atoms with Crippen LogP contribution in [0.1, 0.15) is 22.3 Å². The van der Waals surface area contributed by atoms with Crippen LogP contribution in [0.3, 0.4) is 0 Å². The monoisotopic (exact) mass is 511 g/mol. The lowest BCUT2D eigenvalue weighted by Crippen LogP contribution is -2.20. The van der Waals surface area contributed by atoms with Crippen molar-refractivity contribution in [3.8, 4) is 0 Å². The van der Waals surface area contributed by atoms with E-state index in [1.165, 1.54) is 24.2 Å². The highest BCUT2D eigenvalue weighted by atomic mass is 32.2. The summed E-state index contributed by atoms with van der Waals surface area (Å²) in [4.78, 5) is 21.1. The first-order chi connectivity index (χ1) is 17.3. The molecule has 12 heteroatoms. The molecule has 1 aliphatic heterocycles. The van der Waals surface area contributed by atoms with Crippen molar-refractivity contribution in [3.05, 3.63) is 82.4 Å². The third kappa shape index (κ3) is 5.18. The summed E-state index contributed by atoms with van der Waals surface area (Å²) in [5, 5.41) is 12.3. The number of alkyl halides is 3. The first-order valence-corrected chi connectivity index (χ1v) is 11.8. The molecule has 0 saturated carbocycles. The number of carbonyl (C=O) groups is 1. The fourth-order valence-electron chi connectivity index (χ4n) is 3.83. The molecule has 2 aromatic heterocycles. The van der Waals surface area contributed by atoms with Crippen molar-refractivity contribution in [1.82, 2.24) is 29.9 Å². The van der Waals surface area contributed by atoms with Crippen LogP contribution in [0.5, 0.6) is 0 Å². The second kappa shape index (κ2) is 9.61. The number of nitrogens with one attached hydrogen (secondary N) is 1. The summed E-state index contributed by atoms with van der Waals surface area (Å²) in [5.74, 6) is -0.241. The van der Waals surface area contributed by atoms with Gasteiger partial charge in [0.1, 0.15) is 12.7 Å². The molecule has 0 spiro atoms. The van der Waals surface area contributed by atoms with Crippen molar-refractivity contribution in [1.29, 1.82) is 0 Å². The number of rotatable bonds is 6. The van der Waals surface area contributed by atoms with Crippen molar-refractivity contribution in [3.63, 3.8) is 0 Å². The lowest BCUT2D eigenvalue weighted by Gasteiger charge is -2.14. The molecule has 0 bridgehead atoms. The molecule has 36 heavy (non-hydrogen) atoms. The molecule has 1 saturated heterocycles. The Balaban J connectivity index is 1.33. The quantitative estimate of drug-likeness (QED) is 0.391. The topological polar surface area (TPSA) is 90.0 Å². The number of carbonyl (C=O) groups excluding carboxylic acids is 1. The summed E-state index contributed by atoms with van der Waals surface area (Å²) >= 11 is 1.25. The summed E-state index contributed by atoms with van der Waals surface area (Å²) in [5.41, 5.74) is 1.51. The van der Waals surface area contributed by atoms with Crippen LogP contribution in [-0.2, 0) is 24.1 Å². The van der Waals surface area contributed by atoms with E-state index < -0.39 is 11.7 Å². The van der Waals surface area contributed by atoms with Crippen LogP contribution >= 0.6 is 11.8 Å². The maximum absolute atomic E-state index is 13.5. The zero-order valence-electron chi connectivity index (χ0n) is 19.0. The fraction of sp³-hybridized carbons (Fsp3) is 0.208. The Morgan fingerprint density at radius 3 is 2.81 bits per heavy atom.